The number of benzene rings is 1. The molecule has 2 heterocycles. The summed E-state index contributed by atoms with van der Waals surface area (Å²) < 4.78 is 0. The van der Waals surface area contributed by atoms with E-state index in [1.54, 1.807) is 6.20 Å². The number of aromatic amines is 1. The van der Waals surface area contributed by atoms with Crippen LogP contribution in [0.1, 0.15) is 11.1 Å². The zero-order valence-electron chi connectivity index (χ0n) is 10.6. The third-order valence-corrected chi connectivity index (χ3v) is 3.46. The van der Waals surface area contributed by atoms with Gasteiger partial charge in [0.05, 0.1) is 10.7 Å². The lowest BCUT2D eigenvalue weighted by Crippen LogP contribution is -1.99. The second-order valence-corrected chi connectivity index (χ2v) is 4.96. The van der Waals surface area contributed by atoms with Crippen molar-refractivity contribution in [3.8, 4) is 0 Å². The smallest absolute Gasteiger partial charge is 0.137 e. The summed E-state index contributed by atoms with van der Waals surface area (Å²) in [6.07, 6.45) is 3.77. The maximum Gasteiger partial charge on any atom is 0.137 e. The van der Waals surface area contributed by atoms with Crippen molar-refractivity contribution >= 4 is 28.3 Å². The maximum absolute atomic E-state index is 6.17. The number of nitrogens with zero attached hydrogens (tertiary/aromatic N) is 1. The van der Waals surface area contributed by atoms with E-state index in [2.05, 4.69) is 34.3 Å². The Morgan fingerprint density at radius 3 is 3.11 bits per heavy atom. The van der Waals surface area contributed by atoms with Gasteiger partial charge in [0.1, 0.15) is 5.65 Å². The first kappa shape index (κ1) is 12.1. The Morgan fingerprint density at radius 1 is 1.32 bits per heavy atom. The van der Waals surface area contributed by atoms with Crippen LogP contribution in [-0.2, 0) is 6.54 Å². The molecule has 0 saturated heterocycles. The largest absolute Gasteiger partial charge is 0.380 e. The molecule has 2 aromatic heterocycles. The molecule has 1 aromatic carbocycles. The summed E-state index contributed by atoms with van der Waals surface area (Å²) in [5.41, 5.74) is 4.24. The minimum Gasteiger partial charge on any atom is -0.380 e. The number of hydrogen-bond acceptors (Lipinski definition) is 2. The summed E-state index contributed by atoms with van der Waals surface area (Å²) >= 11 is 6.17. The SMILES string of the molecule is Cc1ccc(Cl)c(NCc2c[nH]c3ncccc23)c1. The van der Waals surface area contributed by atoms with Gasteiger partial charge in [-0.25, -0.2) is 4.98 Å². The summed E-state index contributed by atoms with van der Waals surface area (Å²) in [4.78, 5) is 7.45. The van der Waals surface area contributed by atoms with Gasteiger partial charge in [0.2, 0.25) is 0 Å². The van der Waals surface area contributed by atoms with Gasteiger partial charge in [0.25, 0.3) is 0 Å². The molecule has 2 N–H and O–H groups in total. The van der Waals surface area contributed by atoms with Crippen molar-refractivity contribution in [2.45, 2.75) is 13.5 Å². The number of halogens is 1. The van der Waals surface area contributed by atoms with Crippen LogP contribution in [0.25, 0.3) is 11.0 Å². The maximum atomic E-state index is 6.17. The summed E-state index contributed by atoms with van der Waals surface area (Å²) in [7, 11) is 0. The van der Waals surface area contributed by atoms with Crippen molar-refractivity contribution in [2.24, 2.45) is 0 Å². The molecule has 0 fully saturated rings. The summed E-state index contributed by atoms with van der Waals surface area (Å²) in [6, 6.07) is 9.97. The van der Waals surface area contributed by atoms with E-state index in [0.717, 1.165) is 28.3 Å². The highest BCUT2D eigenvalue weighted by Gasteiger charge is 2.05. The lowest BCUT2D eigenvalue weighted by molar-refractivity contribution is 1.16. The highest BCUT2D eigenvalue weighted by atomic mass is 35.5. The van der Waals surface area contributed by atoms with Crippen molar-refractivity contribution in [1.82, 2.24) is 9.97 Å². The van der Waals surface area contributed by atoms with Crippen LogP contribution < -0.4 is 5.32 Å². The fourth-order valence-corrected chi connectivity index (χ4v) is 2.31. The zero-order chi connectivity index (χ0) is 13.2. The molecule has 19 heavy (non-hydrogen) atoms. The molecular formula is C15H14ClN3. The lowest BCUT2D eigenvalue weighted by Gasteiger charge is -2.08. The highest BCUT2D eigenvalue weighted by Crippen LogP contribution is 2.24. The Balaban J connectivity index is 1.84. The average Bonchev–Trinajstić information content (AvgIpc) is 2.83. The Bertz CT molecular complexity index is 718. The lowest BCUT2D eigenvalue weighted by atomic mass is 10.2. The van der Waals surface area contributed by atoms with E-state index >= 15 is 0 Å². The van der Waals surface area contributed by atoms with E-state index in [1.807, 2.05) is 24.4 Å². The molecule has 96 valence electrons. The Kier molecular flexibility index (Phi) is 3.13. The molecule has 0 aliphatic heterocycles. The van der Waals surface area contributed by atoms with E-state index < -0.39 is 0 Å². The number of pyridine rings is 1. The van der Waals surface area contributed by atoms with E-state index in [4.69, 9.17) is 11.6 Å². The van der Waals surface area contributed by atoms with Crippen LogP contribution in [0.3, 0.4) is 0 Å². The van der Waals surface area contributed by atoms with Gasteiger partial charge in [-0.3, -0.25) is 0 Å². The number of rotatable bonds is 3. The zero-order valence-corrected chi connectivity index (χ0v) is 11.3. The quantitative estimate of drug-likeness (QED) is 0.752. The number of anilines is 1. The van der Waals surface area contributed by atoms with Gasteiger partial charge in [-0.05, 0) is 42.3 Å². The number of aromatic nitrogens is 2. The fourth-order valence-electron chi connectivity index (χ4n) is 2.12. The second kappa shape index (κ2) is 4.94. The fraction of sp³-hybridized carbons (Fsp3) is 0.133. The topological polar surface area (TPSA) is 40.7 Å². The predicted molar refractivity (Wildman–Crippen MR) is 79.6 cm³/mol. The van der Waals surface area contributed by atoms with Crippen LogP contribution in [0, 0.1) is 6.92 Å². The highest BCUT2D eigenvalue weighted by molar-refractivity contribution is 6.33. The molecule has 0 spiro atoms. The van der Waals surface area contributed by atoms with Gasteiger partial charge in [-0.1, -0.05) is 17.7 Å². The van der Waals surface area contributed by atoms with Gasteiger partial charge >= 0.3 is 0 Å². The van der Waals surface area contributed by atoms with Gasteiger partial charge in [-0.15, -0.1) is 0 Å². The Hall–Kier alpha value is -2.00. The van der Waals surface area contributed by atoms with Crippen molar-refractivity contribution < 1.29 is 0 Å². The van der Waals surface area contributed by atoms with Gasteiger partial charge in [-0.2, -0.15) is 0 Å². The third kappa shape index (κ3) is 2.42. The first-order valence-corrected chi connectivity index (χ1v) is 6.53. The molecule has 0 unspecified atom stereocenters. The van der Waals surface area contributed by atoms with Crippen LogP contribution in [-0.4, -0.2) is 9.97 Å². The number of H-pyrrole nitrogens is 1. The van der Waals surface area contributed by atoms with Gasteiger partial charge < -0.3 is 10.3 Å². The van der Waals surface area contributed by atoms with Crippen LogP contribution in [0.15, 0.2) is 42.7 Å². The number of aryl methyl sites for hydroxylation is 1. The van der Waals surface area contributed by atoms with Crippen molar-refractivity contribution in [3.63, 3.8) is 0 Å². The molecule has 0 aliphatic rings. The van der Waals surface area contributed by atoms with E-state index in [1.165, 1.54) is 11.1 Å². The monoisotopic (exact) mass is 271 g/mol. The summed E-state index contributed by atoms with van der Waals surface area (Å²) in [5, 5.41) is 5.25. The van der Waals surface area contributed by atoms with Crippen LogP contribution in [0.2, 0.25) is 5.02 Å². The molecule has 0 saturated carbocycles. The molecule has 0 amide bonds. The normalized spacial score (nSPS) is 10.8. The second-order valence-electron chi connectivity index (χ2n) is 4.55. The average molecular weight is 272 g/mol. The number of nitrogens with one attached hydrogen (secondary N) is 2. The molecule has 3 aromatic rings. The molecule has 0 aliphatic carbocycles. The molecule has 3 rings (SSSR count). The number of hydrogen-bond donors (Lipinski definition) is 2. The van der Waals surface area contributed by atoms with Crippen molar-refractivity contribution in [2.75, 3.05) is 5.32 Å². The molecule has 0 radical (unpaired) electrons. The molecule has 0 bridgehead atoms. The number of fused-ring (bicyclic) bond motifs is 1. The third-order valence-electron chi connectivity index (χ3n) is 3.13. The molecule has 4 heteroatoms. The Labute approximate surface area is 116 Å². The van der Waals surface area contributed by atoms with Crippen LogP contribution >= 0.6 is 11.6 Å². The van der Waals surface area contributed by atoms with Crippen molar-refractivity contribution in [1.29, 1.82) is 0 Å². The Morgan fingerprint density at radius 2 is 2.21 bits per heavy atom. The summed E-state index contributed by atoms with van der Waals surface area (Å²) in [5.74, 6) is 0. The molecular weight excluding hydrogens is 258 g/mol. The van der Waals surface area contributed by atoms with Crippen LogP contribution in [0.5, 0.6) is 0 Å². The predicted octanol–water partition coefficient (Wildman–Crippen LogP) is 4.14. The first-order chi connectivity index (χ1) is 9.24. The molecule has 0 atom stereocenters. The van der Waals surface area contributed by atoms with Gasteiger partial charge in [0.15, 0.2) is 0 Å². The minimum atomic E-state index is 0.717. The van der Waals surface area contributed by atoms with E-state index in [-0.39, 0.29) is 0 Å². The standard InChI is InChI=1S/C15H14ClN3/c1-10-4-5-13(16)14(7-10)18-8-11-9-19-15-12(11)3-2-6-17-15/h2-7,9,18H,8H2,1H3,(H,17,19). The van der Waals surface area contributed by atoms with Crippen LogP contribution in [0.4, 0.5) is 5.69 Å². The van der Waals surface area contributed by atoms with Gasteiger partial charge in [0, 0.05) is 24.3 Å². The minimum absolute atomic E-state index is 0.717. The van der Waals surface area contributed by atoms with Crippen molar-refractivity contribution in [3.05, 3.63) is 58.9 Å². The summed E-state index contributed by atoms with van der Waals surface area (Å²) in [6.45, 7) is 2.77. The van der Waals surface area contributed by atoms with E-state index in [0.29, 0.717) is 0 Å². The molecule has 3 nitrogen and oxygen atoms in total. The first-order valence-electron chi connectivity index (χ1n) is 6.15. The van der Waals surface area contributed by atoms with E-state index in [9.17, 15) is 0 Å².